The van der Waals surface area contributed by atoms with Gasteiger partial charge < -0.3 is 15.8 Å². The van der Waals surface area contributed by atoms with Gasteiger partial charge in [-0.15, -0.1) is 11.3 Å². The van der Waals surface area contributed by atoms with Gasteiger partial charge in [-0.2, -0.15) is 0 Å². The first-order valence-corrected chi connectivity index (χ1v) is 8.03. The van der Waals surface area contributed by atoms with Crippen molar-refractivity contribution in [2.45, 2.75) is 12.8 Å². The summed E-state index contributed by atoms with van der Waals surface area (Å²) in [6.07, 6.45) is 1.25. The van der Waals surface area contributed by atoms with Crippen LogP contribution < -0.4 is 11.1 Å². The Morgan fingerprint density at radius 3 is 2.95 bits per heavy atom. The summed E-state index contributed by atoms with van der Waals surface area (Å²) in [7, 11) is 0. The number of rotatable bonds is 3. The minimum absolute atomic E-state index is 0.101. The number of nitrogens with two attached hydrogens (primary N) is 1. The molecule has 0 unspecified atom stereocenters. The molecule has 1 aliphatic rings. The lowest BCUT2D eigenvalue weighted by Gasteiger charge is -2.34. The maximum Gasteiger partial charge on any atom is 0.232 e. The van der Waals surface area contributed by atoms with Gasteiger partial charge in [0.25, 0.3) is 0 Å². The van der Waals surface area contributed by atoms with Crippen molar-refractivity contribution < 1.29 is 9.53 Å². The van der Waals surface area contributed by atoms with Gasteiger partial charge in [-0.05, 0) is 25.0 Å². The van der Waals surface area contributed by atoms with Crippen LogP contribution in [0.1, 0.15) is 12.8 Å². The summed E-state index contributed by atoms with van der Waals surface area (Å²) in [6.45, 7) is 1.41. The third-order valence-corrected chi connectivity index (χ3v) is 5.12. The molecule has 0 bridgehead atoms. The molecule has 0 atom stereocenters. The topological polar surface area (TPSA) is 77.2 Å². The quantitative estimate of drug-likeness (QED) is 0.909. The third kappa shape index (κ3) is 2.64. The molecule has 0 saturated carbocycles. The van der Waals surface area contributed by atoms with Gasteiger partial charge in [0, 0.05) is 19.8 Å². The fourth-order valence-corrected chi connectivity index (χ4v) is 3.44. The summed E-state index contributed by atoms with van der Waals surface area (Å²) in [5, 5.41) is 3.43. The van der Waals surface area contributed by atoms with Crippen molar-refractivity contribution in [2.24, 2.45) is 11.1 Å². The molecule has 2 heterocycles. The van der Waals surface area contributed by atoms with Crippen molar-refractivity contribution in [2.75, 3.05) is 25.1 Å². The molecule has 1 saturated heterocycles. The fourth-order valence-electron chi connectivity index (χ4n) is 2.56. The van der Waals surface area contributed by atoms with Crippen LogP contribution in [0, 0.1) is 5.41 Å². The standard InChI is InChI=1S/C14H16ClN3O2S/c15-9-1-2-10-12(17-8-21-10)11(9)18-13(19)14(7-16)3-5-20-6-4-14/h1-2,8H,3-7,16H2,(H,18,19). The highest BCUT2D eigenvalue weighted by Crippen LogP contribution is 2.36. The number of fused-ring (bicyclic) bond motifs is 1. The fraction of sp³-hybridized carbons (Fsp3) is 0.429. The lowest BCUT2D eigenvalue weighted by atomic mass is 9.79. The summed E-state index contributed by atoms with van der Waals surface area (Å²) >= 11 is 7.74. The highest BCUT2D eigenvalue weighted by Gasteiger charge is 2.39. The number of anilines is 1. The Kier molecular flexibility index (Phi) is 4.12. The Balaban J connectivity index is 1.92. The molecule has 3 rings (SSSR count). The van der Waals surface area contributed by atoms with Gasteiger partial charge >= 0.3 is 0 Å². The minimum Gasteiger partial charge on any atom is -0.381 e. The van der Waals surface area contributed by atoms with E-state index >= 15 is 0 Å². The van der Waals surface area contributed by atoms with E-state index in [0.29, 0.717) is 43.3 Å². The molecule has 112 valence electrons. The number of aromatic nitrogens is 1. The average molecular weight is 326 g/mol. The van der Waals surface area contributed by atoms with E-state index in [1.165, 1.54) is 11.3 Å². The highest BCUT2D eigenvalue weighted by atomic mass is 35.5. The van der Waals surface area contributed by atoms with Gasteiger partial charge in [0.05, 0.1) is 26.3 Å². The maximum absolute atomic E-state index is 12.7. The third-order valence-electron chi connectivity index (χ3n) is 4.01. The van der Waals surface area contributed by atoms with Crippen LogP contribution in [0.25, 0.3) is 10.2 Å². The molecule has 0 radical (unpaired) electrons. The Morgan fingerprint density at radius 1 is 1.48 bits per heavy atom. The van der Waals surface area contributed by atoms with Crippen molar-refractivity contribution in [1.82, 2.24) is 4.98 Å². The zero-order valence-electron chi connectivity index (χ0n) is 11.4. The van der Waals surface area contributed by atoms with Crippen LogP contribution in [-0.2, 0) is 9.53 Å². The smallest absolute Gasteiger partial charge is 0.232 e. The zero-order chi connectivity index (χ0) is 14.9. The van der Waals surface area contributed by atoms with E-state index in [2.05, 4.69) is 10.3 Å². The summed E-state index contributed by atoms with van der Waals surface area (Å²) in [4.78, 5) is 17.0. The molecule has 1 fully saturated rings. The summed E-state index contributed by atoms with van der Waals surface area (Å²) in [6, 6.07) is 3.68. The number of amides is 1. The molecule has 0 aliphatic carbocycles. The van der Waals surface area contributed by atoms with Crippen LogP contribution in [0.3, 0.4) is 0 Å². The van der Waals surface area contributed by atoms with Crippen LogP contribution in [0.5, 0.6) is 0 Å². The van der Waals surface area contributed by atoms with E-state index in [1.807, 2.05) is 6.07 Å². The molecule has 21 heavy (non-hydrogen) atoms. The van der Waals surface area contributed by atoms with Crippen molar-refractivity contribution in [3.8, 4) is 0 Å². The van der Waals surface area contributed by atoms with Crippen LogP contribution in [0.15, 0.2) is 17.6 Å². The number of hydrogen-bond acceptors (Lipinski definition) is 5. The van der Waals surface area contributed by atoms with Crippen LogP contribution in [-0.4, -0.2) is 30.6 Å². The number of hydrogen-bond donors (Lipinski definition) is 2. The first-order valence-electron chi connectivity index (χ1n) is 6.77. The molecule has 1 amide bonds. The summed E-state index contributed by atoms with van der Waals surface area (Å²) < 4.78 is 6.33. The molecule has 2 aromatic rings. The number of halogens is 1. The summed E-state index contributed by atoms with van der Waals surface area (Å²) in [5.74, 6) is -0.101. The SMILES string of the molecule is NCC1(C(=O)Nc2c(Cl)ccc3scnc23)CCOCC1. The average Bonchev–Trinajstić information content (AvgIpc) is 2.99. The normalized spacial score (nSPS) is 17.8. The molecule has 3 N–H and O–H groups in total. The Bertz CT molecular complexity index is 667. The molecule has 0 spiro atoms. The predicted octanol–water partition coefficient (Wildman–Crippen LogP) is 2.64. The van der Waals surface area contributed by atoms with E-state index in [1.54, 1.807) is 11.6 Å². The van der Waals surface area contributed by atoms with Gasteiger partial charge in [0.2, 0.25) is 5.91 Å². The number of benzene rings is 1. The van der Waals surface area contributed by atoms with Crippen molar-refractivity contribution >= 4 is 44.7 Å². The molecule has 5 nitrogen and oxygen atoms in total. The van der Waals surface area contributed by atoms with E-state index in [0.717, 1.165) is 10.2 Å². The number of carbonyl (C=O) groups is 1. The largest absolute Gasteiger partial charge is 0.381 e. The molecule has 1 aromatic carbocycles. The van der Waals surface area contributed by atoms with Gasteiger partial charge in [0.15, 0.2) is 0 Å². The Hall–Kier alpha value is -1.21. The second-order valence-corrected chi connectivity index (χ2v) is 6.47. The second kappa shape index (κ2) is 5.88. The van der Waals surface area contributed by atoms with E-state index in [4.69, 9.17) is 22.1 Å². The number of nitrogens with one attached hydrogen (secondary N) is 1. The molecular weight excluding hydrogens is 310 g/mol. The first-order chi connectivity index (χ1) is 10.2. The number of carbonyl (C=O) groups excluding carboxylic acids is 1. The predicted molar refractivity (Wildman–Crippen MR) is 84.8 cm³/mol. The maximum atomic E-state index is 12.7. The van der Waals surface area contributed by atoms with E-state index < -0.39 is 5.41 Å². The van der Waals surface area contributed by atoms with Crippen LogP contribution >= 0.6 is 22.9 Å². The number of nitrogens with zero attached hydrogens (tertiary/aromatic N) is 1. The van der Waals surface area contributed by atoms with Crippen LogP contribution in [0.4, 0.5) is 5.69 Å². The molecule has 7 heteroatoms. The van der Waals surface area contributed by atoms with Crippen molar-refractivity contribution in [3.05, 3.63) is 22.7 Å². The van der Waals surface area contributed by atoms with Crippen molar-refractivity contribution in [1.29, 1.82) is 0 Å². The lowest BCUT2D eigenvalue weighted by Crippen LogP contribution is -2.46. The van der Waals surface area contributed by atoms with E-state index in [9.17, 15) is 4.79 Å². The second-order valence-electron chi connectivity index (χ2n) is 5.17. The van der Waals surface area contributed by atoms with Gasteiger partial charge in [-0.25, -0.2) is 4.98 Å². The van der Waals surface area contributed by atoms with Crippen LogP contribution in [0.2, 0.25) is 5.02 Å². The monoisotopic (exact) mass is 325 g/mol. The Labute approximate surface area is 131 Å². The summed E-state index contributed by atoms with van der Waals surface area (Å²) in [5.41, 5.74) is 8.31. The highest BCUT2D eigenvalue weighted by molar-refractivity contribution is 7.16. The lowest BCUT2D eigenvalue weighted by molar-refractivity contribution is -0.130. The molecule has 1 aromatic heterocycles. The zero-order valence-corrected chi connectivity index (χ0v) is 13.0. The first kappa shape index (κ1) is 14.7. The van der Waals surface area contributed by atoms with E-state index in [-0.39, 0.29) is 5.91 Å². The molecular formula is C14H16ClN3O2S. The number of ether oxygens (including phenoxy) is 1. The van der Waals surface area contributed by atoms with Gasteiger partial charge in [-0.3, -0.25) is 4.79 Å². The van der Waals surface area contributed by atoms with Crippen molar-refractivity contribution in [3.63, 3.8) is 0 Å². The minimum atomic E-state index is -0.584. The van der Waals surface area contributed by atoms with Gasteiger partial charge in [0.1, 0.15) is 5.52 Å². The molecule has 1 aliphatic heterocycles. The van der Waals surface area contributed by atoms with Gasteiger partial charge in [-0.1, -0.05) is 11.6 Å². The number of thiazole rings is 1. The Morgan fingerprint density at radius 2 is 2.24 bits per heavy atom.